The lowest BCUT2D eigenvalue weighted by Gasteiger charge is -2.47. The van der Waals surface area contributed by atoms with Crippen molar-refractivity contribution in [2.75, 3.05) is 18.6 Å². The second kappa shape index (κ2) is 8.04. The van der Waals surface area contributed by atoms with E-state index in [2.05, 4.69) is 49.7 Å². The van der Waals surface area contributed by atoms with Gasteiger partial charge in [-0.1, -0.05) is 25.4 Å². The van der Waals surface area contributed by atoms with Crippen molar-refractivity contribution in [2.45, 2.75) is 52.0 Å². The SMILES string of the molecule is CCCN1c2cc(OC)c(C=Nc3ccc(Cl)cc3O)cc2C(C)CC1(C)C. The summed E-state index contributed by atoms with van der Waals surface area (Å²) in [4.78, 5) is 6.95. The number of methoxy groups -OCH3 is 1. The highest BCUT2D eigenvalue weighted by atomic mass is 35.5. The quantitative estimate of drug-likeness (QED) is 0.598. The maximum Gasteiger partial charge on any atom is 0.142 e. The number of aromatic hydroxyl groups is 1. The zero-order valence-electron chi connectivity index (χ0n) is 17.3. The summed E-state index contributed by atoms with van der Waals surface area (Å²) >= 11 is 5.90. The van der Waals surface area contributed by atoms with Gasteiger partial charge in [-0.3, -0.25) is 4.99 Å². The van der Waals surface area contributed by atoms with Crippen molar-refractivity contribution in [3.63, 3.8) is 0 Å². The summed E-state index contributed by atoms with van der Waals surface area (Å²) in [5, 5.41) is 10.5. The monoisotopic (exact) mass is 400 g/mol. The van der Waals surface area contributed by atoms with Gasteiger partial charge in [-0.15, -0.1) is 0 Å². The summed E-state index contributed by atoms with van der Waals surface area (Å²) < 4.78 is 5.68. The van der Waals surface area contributed by atoms with Crippen molar-refractivity contribution in [2.24, 2.45) is 4.99 Å². The molecule has 0 aromatic heterocycles. The molecule has 0 saturated carbocycles. The van der Waals surface area contributed by atoms with E-state index < -0.39 is 0 Å². The van der Waals surface area contributed by atoms with Gasteiger partial charge in [-0.25, -0.2) is 0 Å². The molecule has 0 bridgehead atoms. The highest BCUT2D eigenvalue weighted by molar-refractivity contribution is 6.30. The number of phenols is 1. The van der Waals surface area contributed by atoms with Crippen LogP contribution in [-0.2, 0) is 0 Å². The number of hydrogen-bond donors (Lipinski definition) is 1. The number of ether oxygens (including phenoxy) is 1. The number of aliphatic imine (C=N–C) groups is 1. The molecule has 0 radical (unpaired) electrons. The minimum atomic E-state index is 0.0601. The molecule has 1 N–H and O–H groups in total. The molecule has 5 heteroatoms. The first-order valence-corrected chi connectivity index (χ1v) is 10.2. The Hall–Kier alpha value is -2.20. The number of hydrogen-bond acceptors (Lipinski definition) is 4. The molecule has 150 valence electrons. The Morgan fingerprint density at radius 2 is 2.07 bits per heavy atom. The first-order chi connectivity index (χ1) is 13.3. The molecule has 2 aromatic rings. The maximum absolute atomic E-state index is 10.0. The van der Waals surface area contributed by atoms with Crippen LogP contribution >= 0.6 is 11.6 Å². The van der Waals surface area contributed by atoms with Crippen molar-refractivity contribution in [1.82, 2.24) is 0 Å². The normalized spacial score (nSPS) is 18.4. The predicted octanol–water partition coefficient (Wildman–Crippen LogP) is 6.31. The lowest BCUT2D eigenvalue weighted by molar-refractivity contribution is 0.372. The summed E-state index contributed by atoms with van der Waals surface area (Å²) in [6.07, 6.45) is 3.94. The van der Waals surface area contributed by atoms with Crippen LogP contribution in [0.25, 0.3) is 0 Å². The van der Waals surface area contributed by atoms with Gasteiger partial charge in [0.1, 0.15) is 17.2 Å². The summed E-state index contributed by atoms with van der Waals surface area (Å²) in [5.41, 5.74) is 4.05. The van der Waals surface area contributed by atoms with Crippen molar-refractivity contribution in [3.8, 4) is 11.5 Å². The van der Waals surface area contributed by atoms with Crippen molar-refractivity contribution in [1.29, 1.82) is 0 Å². The fourth-order valence-electron chi connectivity index (χ4n) is 4.20. The fourth-order valence-corrected chi connectivity index (χ4v) is 4.36. The van der Waals surface area contributed by atoms with E-state index in [0.29, 0.717) is 16.6 Å². The molecular weight excluding hydrogens is 372 g/mol. The van der Waals surface area contributed by atoms with E-state index in [1.165, 1.54) is 17.3 Å². The average molecular weight is 401 g/mol. The van der Waals surface area contributed by atoms with Gasteiger partial charge >= 0.3 is 0 Å². The number of anilines is 1. The topological polar surface area (TPSA) is 45.1 Å². The minimum Gasteiger partial charge on any atom is -0.506 e. The highest BCUT2D eigenvalue weighted by Gasteiger charge is 2.36. The Balaban J connectivity index is 2.05. The Morgan fingerprint density at radius 1 is 1.32 bits per heavy atom. The Bertz CT molecular complexity index is 892. The van der Waals surface area contributed by atoms with Crippen LogP contribution in [0.5, 0.6) is 11.5 Å². The number of halogens is 1. The first-order valence-electron chi connectivity index (χ1n) is 9.79. The molecule has 1 atom stereocenters. The van der Waals surface area contributed by atoms with E-state index in [1.807, 2.05) is 0 Å². The number of nitrogens with zero attached hydrogens (tertiary/aromatic N) is 2. The molecule has 1 aliphatic heterocycles. The van der Waals surface area contributed by atoms with Gasteiger partial charge in [0.15, 0.2) is 0 Å². The van der Waals surface area contributed by atoms with E-state index >= 15 is 0 Å². The molecule has 0 fully saturated rings. The number of phenolic OH excluding ortho intramolecular Hbond substituents is 1. The maximum atomic E-state index is 10.0. The van der Waals surface area contributed by atoms with Crippen LogP contribution in [0.2, 0.25) is 5.02 Å². The minimum absolute atomic E-state index is 0.0601. The van der Waals surface area contributed by atoms with Crippen LogP contribution < -0.4 is 9.64 Å². The van der Waals surface area contributed by atoms with Gasteiger partial charge in [0.25, 0.3) is 0 Å². The van der Waals surface area contributed by atoms with E-state index in [1.54, 1.807) is 25.5 Å². The third-order valence-corrected chi connectivity index (χ3v) is 5.70. The van der Waals surface area contributed by atoms with E-state index in [4.69, 9.17) is 16.3 Å². The van der Waals surface area contributed by atoms with Crippen LogP contribution in [0.15, 0.2) is 35.3 Å². The number of fused-ring (bicyclic) bond motifs is 1. The van der Waals surface area contributed by atoms with Crippen LogP contribution in [0.1, 0.15) is 57.6 Å². The first kappa shape index (κ1) is 20.5. The molecule has 2 aromatic carbocycles. The van der Waals surface area contributed by atoms with Gasteiger partial charge in [-0.05, 0) is 56.4 Å². The molecule has 1 heterocycles. The van der Waals surface area contributed by atoms with Crippen molar-refractivity contribution < 1.29 is 9.84 Å². The summed E-state index contributed by atoms with van der Waals surface area (Å²) in [6, 6.07) is 9.21. The van der Waals surface area contributed by atoms with Crippen LogP contribution in [0.4, 0.5) is 11.4 Å². The molecule has 4 nitrogen and oxygen atoms in total. The smallest absolute Gasteiger partial charge is 0.142 e. The largest absolute Gasteiger partial charge is 0.506 e. The Morgan fingerprint density at radius 3 is 2.71 bits per heavy atom. The lowest BCUT2D eigenvalue weighted by atomic mass is 9.79. The van der Waals surface area contributed by atoms with Crippen molar-refractivity contribution >= 4 is 29.2 Å². The third-order valence-electron chi connectivity index (χ3n) is 5.46. The summed E-state index contributed by atoms with van der Waals surface area (Å²) in [7, 11) is 1.68. The molecule has 3 rings (SSSR count). The number of rotatable bonds is 5. The fraction of sp³-hybridized carbons (Fsp3) is 0.435. The summed E-state index contributed by atoms with van der Waals surface area (Å²) in [6.45, 7) is 10.1. The highest BCUT2D eigenvalue weighted by Crippen LogP contribution is 2.45. The van der Waals surface area contributed by atoms with E-state index in [9.17, 15) is 5.11 Å². The summed E-state index contributed by atoms with van der Waals surface area (Å²) in [5.74, 6) is 1.28. The molecule has 28 heavy (non-hydrogen) atoms. The molecular formula is C23H29ClN2O2. The van der Waals surface area contributed by atoms with E-state index in [0.717, 1.165) is 30.7 Å². The van der Waals surface area contributed by atoms with Gasteiger partial charge in [0.2, 0.25) is 0 Å². The Kier molecular flexibility index (Phi) is 5.90. The van der Waals surface area contributed by atoms with Crippen LogP contribution in [0, 0.1) is 0 Å². The average Bonchev–Trinajstić information content (AvgIpc) is 2.63. The molecule has 0 amide bonds. The zero-order valence-corrected chi connectivity index (χ0v) is 18.0. The standard InChI is InChI=1S/C23H29ClN2O2/c1-6-9-26-20-12-22(28-5)16(10-18(20)15(2)13-23(26,3)4)14-25-19-8-7-17(24)11-21(19)27/h7-8,10-12,14-15,27H,6,9,13H2,1-5H3. The second-order valence-electron chi connectivity index (χ2n) is 8.11. The predicted molar refractivity (Wildman–Crippen MR) is 118 cm³/mol. The molecule has 0 aliphatic carbocycles. The van der Waals surface area contributed by atoms with Crippen LogP contribution in [-0.4, -0.2) is 30.5 Å². The van der Waals surface area contributed by atoms with Gasteiger partial charge in [-0.2, -0.15) is 0 Å². The van der Waals surface area contributed by atoms with Gasteiger partial charge < -0.3 is 14.7 Å². The van der Waals surface area contributed by atoms with Gasteiger partial charge in [0.05, 0.1) is 7.11 Å². The Labute approximate surface area is 172 Å². The zero-order chi connectivity index (χ0) is 20.5. The van der Waals surface area contributed by atoms with Gasteiger partial charge in [0, 0.05) is 46.7 Å². The molecule has 1 unspecified atom stereocenters. The molecule has 1 aliphatic rings. The number of benzene rings is 2. The third kappa shape index (κ3) is 3.97. The molecule has 0 saturated heterocycles. The lowest BCUT2D eigenvalue weighted by Crippen LogP contribution is -2.48. The van der Waals surface area contributed by atoms with Crippen molar-refractivity contribution in [3.05, 3.63) is 46.5 Å². The van der Waals surface area contributed by atoms with Crippen LogP contribution in [0.3, 0.4) is 0 Å². The molecule has 0 spiro atoms. The van der Waals surface area contributed by atoms with E-state index in [-0.39, 0.29) is 11.3 Å². The second-order valence-corrected chi connectivity index (χ2v) is 8.55.